The summed E-state index contributed by atoms with van der Waals surface area (Å²) in [4.78, 5) is 22.4. The molecule has 6 heteroatoms. The van der Waals surface area contributed by atoms with E-state index in [0.29, 0.717) is 12.8 Å². The number of hydrogen-bond donors (Lipinski definition) is 0. The Morgan fingerprint density at radius 3 is 2.59 bits per heavy atom. The molecule has 0 heterocycles. The van der Waals surface area contributed by atoms with Crippen LogP contribution in [0, 0.1) is 11.8 Å². The standard InChI is InChI=1S/C16H28FO4P/c1-11(2)20-16(19)8-6-4-3-5-7-12-13(10-18)14(17)9-15(12)21-22/h10-15H,3-9,22H2,1-2H3/t12-,13-,14?,15?/m1/s1. The maximum absolute atomic E-state index is 13.7. The van der Waals surface area contributed by atoms with Gasteiger partial charge in [0.15, 0.2) is 0 Å². The van der Waals surface area contributed by atoms with Crippen molar-refractivity contribution >= 4 is 21.7 Å². The van der Waals surface area contributed by atoms with E-state index in [9.17, 15) is 14.0 Å². The van der Waals surface area contributed by atoms with Gasteiger partial charge in [0.25, 0.3) is 0 Å². The molecule has 3 unspecified atom stereocenters. The molecule has 0 aromatic rings. The smallest absolute Gasteiger partial charge is 0.306 e. The van der Waals surface area contributed by atoms with Gasteiger partial charge in [-0.15, -0.1) is 0 Å². The number of ether oxygens (including phenoxy) is 1. The molecule has 0 N–H and O–H groups in total. The number of rotatable bonds is 10. The van der Waals surface area contributed by atoms with Crippen molar-refractivity contribution in [3.63, 3.8) is 0 Å². The van der Waals surface area contributed by atoms with E-state index in [4.69, 9.17) is 9.26 Å². The monoisotopic (exact) mass is 334 g/mol. The molecule has 0 saturated heterocycles. The fourth-order valence-electron chi connectivity index (χ4n) is 3.12. The van der Waals surface area contributed by atoms with Gasteiger partial charge in [-0.25, -0.2) is 4.39 Å². The number of unbranched alkanes of at least 4 members (excludes halogenated alkanes) is 3. The van der Waals surface area contributed by atoms with Gasteiger partial charge in [-0.1, -0.05) is 19.3 Å². The minimum atomic E-state index is -1.08. The van der Waals surface area contributed by atoms with E-state index in [2.05, 4.69) is 9.47 Å². The van der Waals surface area contributed by atoms with Crippen LogP contribution < -0.4 is 0 Å². The fraction of sp³-hybridized carbons (Fsp3) is 0.875. The summed E-state index contributed by atoms with van der Waals surface area (Å²) in [5.41, 5.74) is 0. The van der Waals surface area contributed by atoms with Gasteiger partial charge >= 0.3 is 5.97 Å². The minimum Gasteiger partial charge on any atom is -0.463 e. The summed E-state index contributed by atoms with van der Waals surface area (Å²) in [6.07, 6.45) is 4.59. The van der Waals surface area contributed by atoms with Crippen molar-refractivity contribution in [3.8, 4) is 0 Å². The molecule has 0 aromatic carbocycles. The number of halogens is 1. The molecule has 1 fully saturated rings. The van der Waals surface area contributed by atoms with Crippen molar-refractivity contribution < 1.29 is 23.2 Å². The van der Waals surface area contributed by atoms with Crippen LogP contribution in [0.4, 0.5) is 4.39 Å². The summed E-state index contributed by atoms with van der Waals surface area (Å²) >= 11 is 0. The van der Waals surface area contributed by atoms with Crippen LogP contribution in [0.25, 0.3) is 0 Å². The minimum absolute atomic E-state index is 0.0316. The Balaban J connectivity index is 2.18. The number of carbonyl (C=O) groups excluding carboxylic acids is 2. The van der Waals surface area contributed by atoms with Crippen molar-refractivity contribution in [3.05, 3.63) is 0 Å². The van der Waals surface area contributed by atoms with E-state index in [1.165, 1.54) is 0 Å². The SMILES string of the molecule is CC(C)OC(=O)CCCCCC[C@H]1C(OP)CC(F)[C@@H]1C=O. The summed E-state index contributed by atoms with van der Waals surface area (Å²) in [5.74, 6) is -0.717. The molecular formula is C16H28FO4P. The molecule has 4 nitrogen and oxygen atoms in total. The second-order valence-electron chi connectivity index (χ2n) is 6.30. The van der Waals surface area contributed by atoms with Crippen LogP contribution in [0.5, 0.6) is 0 Å². The summed E-state index contributed by atoms with van der Waals surface area (Å²) in [6, 6.07) is 0. The summed E-state index contributed by atoms with van der Waals surface area (Å²) in [7, 11) is 2.18. The Morgan fingerprint density at radius 2 is 2.00 bits per heavy atom. The molecule has 0 aromatic heterocycles. The first-order valence-electron chi connectivity index (χ1n) is 8.14. The van der Waals surface area contributed by atoms with Crippen molar-refractivity contribution in [1.82, 2.24) is 0 Å². The third-order valence-corrected chi connectivity index (χ3v) is 4.56. The van der Waals surface area contributed by atoms with Gasteiger partial charge in [0.05, 0.1) is 18.1 Å². The molecule has 1 rings (SSSR count). The van der Waals surface area contributed by atoms with Crippen molar-refractivity contribution in [2.24, 2.45) is 11.8 Å². The topological polar surface area (TPSA) is 52.6 Å². The lowest BCUT2D eigenvalue weighted by atomic mass is 9.90. The van der Waals surface area contributed by atoms with E-state index in [0.717, 1.165) is 38.4 Å². The van der Waals surface area contributed by atoms with Gasteiger partial charge in [0, 0.05) is 22.3 Å². The largest absolute Gasteiger partial charge is 0.463 e. The van der Waals surface area contributed by atoms with Crippen molar-refractivity contribution in [1.29, 1.82) is 0 Å². The Kier molecular flexibility index (Phi) is 9.11. The summed E-state index contributed by atoms with van der Waals surface area (Å²) in [6.45, 7) is 3.68. The average molecular weight is 334 g/mol. The molecule has 0 amide bonds. The highest BCUT2D eigenvalue weighted by atomic mass is 31.0. The number of alkyl halides is 1. The maximum atomic E-state index is 13.7. The Hall–Kier alpha value is -0.540. The number of aldehydes is 1. The first-order chi connectivity index (χ1) is 10.5. The van der Waals surface area contributed by atoms with Crippen LogP contribution in [0.15, 0.2) is 0 Å². The molecule has 0 aliphatic heterocycles. The molecule has 0 spiro atoms. The molecule has 128 valence electrons. The molecule has 0 bridgehead atoms. The van der Waals surface area contributed by atoms with Gasteiger partial charge in [-0.3, -0.25) is 4.79 Å². The van der Waals surface area contributed by atoms with Crippen LogP contribution in [0.1, 0.15) is 58.8 Å². The molecule has 0 radical (unpaired) electrons. The molecule has 1 saturated carbocycles. The number of carbonyl (C=O) groups is 2. The van der Waals surface area contributed by atoms with E-state index in [-0.39, 0.29) is 24.1 Å². The third-order valence-electron chi connectivity index (χ3n) is 4.21. The molecular weight excluding hydrogens is 306 g/mol. The van der Waals surface area contributed by atoms with Crippen LogP contribution in [0.2, 0.25) is 0 Å². The predicted octanol–water partition coefficient (Wildman–Crippen LogP) is 3.63. The number of hydrogen-bond acceptors (Lipinski definition) is 4. The van der Waals surface area contributed by atoms with Gasteiger partial charge in [0.1, 0.15) is 12.5 Å². The average Bonchev–Trinajstić information content (AvgIpc) is 2.77. The highest BCUT2D eigenvalue weighted by molar-refractivity contribution is 7.09. The van der Waals surface area contributed by atoms with Gasteiger partial charge in [0.2, 0.25) is 0 Å². The first-order valence-corrected chi connectivity index (χ1v) is 8.61. The second-order valence-corrected chi connectivity index (χ2v) is 6.57. The van der Waals surface area contributed by atoms with E-state index in [1.54, 1.807) is 0 Å². The number of esters is 1. The van der Waals surface area contributed by atoms with Gasteiger partial charge in [-0.05, 0) is 32.6 Å². The lowest BCUT2D eigenvalue weighted by Crippen LogP contribution is -2.22. The van der Waals surface area contributed by atoms with Crippen LogP contribution >= 0.6 is 9.47 Å². The van der Waals surface area contributed by atoms with Crippen LogP contribution in [-0.4, -0.2) is 30.6 Å². The Bertz CT molecular complexity index is 351. The Labute approximate surface area is 134 Å². The molecule has 1 aliphatic rings. The quantitative estimate of drug-likeness (QED) is 0.265. The highest BCUT2D eigenvalue weighted by Crippen LogP contribution is 2.39. The first kappa shape index (κ1) is 19.5. The normalized spacial score (nSPS) is 28.0. The fourth-order valence-corrected chi connectivity index (χ4v) is 3.43. The van der Waals surface area contributed by atoms with Crippen LogP contribution in [0.3, 0.4) is 0 Å². The predicted molar refractivity (Wildman–Crippen MR) is 86.1 cm³/mol. The third kappa shape index (κ3) is 6.29. The lowest BCUT2D eigenvalue weighted by molar-refractivity contribution is -0.147. The molecule has 1 aliphatic carbocycles. The lowest BCUT2D eigenvalue weighted by Gasteiger charge is -2.20. The van der Waals surface area contributed by atoms with E-state index < -0.39 is 12.1 Å². The van der Waals surface area contributed by atoms with E-state index in [1.807, 2.05) is 13.8 Å². The van der Waals surface area contributed by atoms with Gasteiger partial charge in [-0.2, -0.15) is 0 Å². The highest BCUT2D eigenvalue weighted by Gasteiger charge is 2.43. The van der Waals surface area contributed by atoms with Gasteiger partial charge < -0.3 is 14.1 Å². The molecule has 22 heavy (non-hydrogen) atoms. The molecule has 5 atom stereocenters. The Morgan fingerprint density at radius 1 is 1.32 bits per heavy atom. The zero-order valence-electron chi connectivity index (χ0n) is 13.5. The zero-order chi connectivity index (χ0) is 16.5. The maximum Gasteiger partial charge on any atom is 0.306 e. The summed E-state index contributed by atoms with van der Waals surface area (Å²) < 4.78 is 24.0. The van der Waals surface area contributed by atoms with Crippen molar-refractivity contribution in [2.45, 2.75) is 77.2 Å². The van der Waals surface area contributed by atoms with Crippen molar-refractivity contribution in [2.75, 3.05) is 0 Å². The van der Waals surface area contributed by atoms with E-state index >= 15 is 0 Å². The summed E-state index contributed by atoms with van der Waals surface area (Å²) in [5, 5.41) is 0. The van der Waals surface area contributed by atoms with Crippen LogP contribution in [-0.2, 0) is 18.8 Å². The zero-order valence-corrected chi connectivity index (χ0v) is 14.7. The second kappa shape index (κ2) is 10.3.